The van der Waals surface area contributed by atoms with Gasteiger partial charge in [-0.05, 0) is 101 Å². The van der Waals surface area contributed by atoms with Crippen molar-refractivity contribution in [3.05, 3.63) is 0 Å². The minimum absolute atomic E-state index is 0.237. The highest BCUT2D eigenvalue weighted by Crippen LogP contribution is 2.65. The number of fused-ring (bicyclic) bond motifs is 5. The van der Waals surface area contributed by atoms with E-state index in [1.165, 1.54) is 38.5 Å². The minimum atomic E-state index is 0.237. The molecule has 0 radical (unpaired) electrons. The van der Waals surface area contributed by atoms with Crippen LogP contribution in [0.15, 0.2) is 0 Å². The maximum absolute atomic E-state index is 13.4. The molecule has 4 rings (SSSR count). The summed E-state index contributed by atoms with van der Waals surface area (Å²) in [5.74, 6) is 2.82. The average molecular weight is 403 g/mol. The van der Waals surface area contributed by atoms with Gasteiger partial charge in [-0.3, -0.25) is 9.59 Å². The zero-order chi connectivity index (χ0) is 21.0. The summed E-state index contributed by atoms with van der Waals surface area (Å²) in [6.45, 7) is 11.1. The third-order valence-electron chi connectivity index (χ3n) is 9.52. The fourth-order valence-electron chi connectivity index (χ4n) is 8.37. The maximum Gasteiger partial charge on any atom is 0.223 e. The van der Waals surface area contributed by atoms with Crippen molar-refractivity contribution >= 4 is 11.8 Å². The Labute approximate surface area is 177 Å². The van der Waals surface area contributed by atoms with E-state index in [-0.39, 0.29) is 28.8 Å². The van der Waals surface area contributed by atoms with Crippen LogP contribution in [0.1, 0.15) is 98.8 Å². The van der Waals surface area contributed by atoms with Crippen molar-refractivity contribution in [1.29, 1.82) is 0 Å². The number of carbonyl (C=O) groups is 2. The van der Waals surface area contributed by atoms with E-state index >= 15 is 0 Å². The summed E-state index contributed by atoms with van der Waals surface area (Å²) < 4.78 is 0. The number of hydrogen-bond acceptors (Lipinski definition) is 2. The largest absolute Gasteiger partial charge is 0.353 e. The summed E-state index contributed by atoms with van der Waals surface area (Å²) in [7, 11) is 0. The first-order valence-corrected chi connectivity index (χ1v) is 12.3. The molecule has 4 fully saturated rings. The Kier molecular flexibility index (Phi) is 5.53. The quantitative estimate of drug-likeness (QED) is 0.726. The lowest BCUT2D eigenvalue weighted by Gasteiger charge is -2.60. The van der Waals surface area contributed by atoms with Gasteiger partial charge >= 0.3 is 0 Å². The van der Waals surface area contributed by atoms with Crippen LogP contribution in [0.2, 0.25) is 0 Å². The molecule has 0 aromatic rings. The van der Waals surface area contributed by atoms with Crippen molar-refractivity contribution in [1.82, 2.24) is 10.2 Å². The van der Waals surface area contributed by atoms with Gasteiger partial charge in [-0.2, -0.15) is 0 Å². The highest BCUT2D eigenvalue weighted by molar-refractivity contribution is 5.78. The molecule has 1 aliphatic heterocycles. The molecule has 0 aromatic carbocycles. The van der Waals surface area contributed by atoms with Gasteiger partial charge in [0.25, 0.3) is 0 Å². The fourth-order valence-corrected chi connectivity index (χ4v) is 8.37. The van der Waals surface area contributed by atoms with Gasteiger partial charge in [-0.15, -0.1) is 0 Å². The van der Waals surface area contributed by atoms with Crippen LogP contribution in [0.25, 0.3) is 0 Å². The molecule has 164 valence electrons. The Morgan fingerprint density at radius 2 is 1.76 bits per heavy atom. The van der Waals surface area contributed by atoms with Gasteiger partial charge < -0.3 is 10.2 Å². The number of carbonyl (C=O) groups excluding carboxylic acids is 2. The highest BCUT2D eigenvalue weighted by atomic mass is 16.2. The topological polar surface area (TPSA) is 49.4 Å². The van der Waals surface area contributed by atoms with Crippen molar-refractivity contribution in [2.75, 3.05) is 0 Å². The zero-order valence-electron chi connectivity index (χ0n) is 19.3. The Hall–Kier alpha value is -1.06. The highest BCUT2D eigenvalue weighted by Gasteiger charge is 2.59. The third kappa shape index (κ3) is 3.43. The number of hydrogen-bond donors (Lipinski definition) is 1. The third-order valence-corrected chi connectivity index (χ3v) is 9.52. The smallest absolute Gasteiger partial charge is 0.223 e. The van der Waals surface area contributed by atoms with Crippen molar-refractivity contribution < 1.29 is 9.59 Å². The summed E-state index contributed by atoms with van der Waals surface area (Å²) in [4.78, 5) is 27.5. The molecule has 4 nitrogen and oxygen atoms in total. The zero-order valence-corrected chi connectivity index (χ0v) is 19.3. The van der Waals surface area contributed by atoms with Gasteiger partial charge in [0.1, 0.15) is 0 Å². The first kappa shape index (κ1) is 21.2. The Bertz CT molecular complexity index is 651. The molecule has 3 saturated carbocycles. The molecule has 1 N–H and O–H groups in total. The van der Waals surface area contributed by atoms with E-state index in [2.05, 4.69) is 44.8 Å². The lowest BCUT2D eigenvalue weighted by molar-refractivity contribution is -0.146. The van der Waals surface area contributed by atoms with E-state index in [1.807, 2.05) is 0 Å². The monoisotopic (exact) mass is 402 g/mol. The Balaban J connectivity index is 1.55. The summed E-state index contributed by atoms with van der Waals surface area (Å²) in [6.07, 6.45) is 11.2. The van der Waals surface area contributed by atoms with Crippen LogP contribution in [0.4, 0.5) is 0 Å². The summed E-state index contributed by atoms with van der Waals surface area (Å²) in [5.41, 5.74) is 0.499. The van der Waals surface area contributed by atoms with Crippen LogP contribution in [-0.4, -0.2) is 34.8 Å². The molecule has 29 heavy (non-hydrogen) atoms. The maximum atomic E-state index is 13.4. The number of amides is 2. The minimum Gasteiger partial charge on any atom is -0.353 e. The predicted molar refractivity (Wildman–Crippen MR) is 116 cm³/mol. The molecule has 1 heterocycles. The Morgan fingerprint density at radius 1 is 1.03 bits per heavy atom. The van der Waals surface area contributed by atoms with Gasteiger partial charge in [0.2, 0.25) is 11.8 Å². The average Bonchev–Trinajstić information content (AvgIpc) is 3.05. The summed E-state index contributed by atoms with van der Waals surface area (Å²) in [5, 5.41) is 3.33. The van der Waals surface area contributed by atoms with Crippen LogP contribution >= 0.6 is 0 Å². The van der Waals surface area contributed by atoms with E-state index < -0.39 is 0 Å². The molecule has 6 atom stereocenters. The molecule has 0 spiro atoms. The van der Waals surface area contributed by atoms with Crippen LogP contribution < -0.4 is 5.32 Å². The second kappa shape index (κ2) is 7.57. The molecule has 1 unspecified atom stereocenters. The number of rotatable bonds is 4. The lowest BCUT2D eigenvalue weighted by atomic mass is 9.47. The van der Waals surface area contributed by atoms with E-state index in [4.69, 9.17) is 0 Å². The van der Waals surface area contributed by atoms with E-state index in [9.17, 15) is 9.59 Å². The van der Waals surface area contributed by atoms with Crippen molar-refractivity contribution in [2.24, 2.45) is 28.6 Å². The molecule has 3 aliphatic carbocycles. The number of nitrogens with zero attached hydrogens (tertiary/aromatic N) is 1. The van der Waals surface area contributed by atoms with Gasteiger partial charge in [-0.1, -0.05) is 13.3 Å². The number of nitrogens with one attached hydrogen (secondary N) is 1. The van der Waals surface area contributed by atoms with Crippen molar-refractivity contribution in [2.45, 2.75) is 117 Å². The predicted octanol–water partition coefficient (Wildman–Crippen LogP) is 4.91. The SMILES string of the molecule is CC(C)N(C(=O)C[C@@]12CCC[C@H]1[C@@H]1CCC3NC(=O)CC[C@]3(C)[C@H]1CC2)C(C)C. The van der Waals surface area contributed by atoms with E-state index in [0.29, 0.717) is 24.3 Å². The second-order valence-electron chi connectivity index (χ2n) is 11.5. The van der Waals surface area contributed by atoms with E-state index in [0.717, 1.165) is 31.1 Å². The standard InChI is InChI=1S/C25H42N2O2/c1-16(2)27(17(3)4)23(29)15-25-12-6-7-20(25)18-8-9-21-24(5,19(18)10-14-25)13-11-22(28)26-21/h16-21H,6-15H2,1-5H3,(H,26,28)/t18-,19+,20+,21?,24-,25+/m1/s1. The van der Waals surface area contributed by atoms with Gasteiger partial charge in [0, 0.05) is 31.0 Å². The molecule has 0 aromatic heterocycles. The van der Waals surface area contributed by atoms with E-state index in [1.54, 1.807) is 0 Å². The molecular weight excluding hydrogens is 360 g/mol. The summed E-state index contributed by atoms with van der Waals surface area (Å²) >= 11 is 0. The van der Waals surface area contributed by atoms with Crippen LogP contribution in [0, 0.1) is 28.6 Å². The van der Waals surface area contributed by atoms with Gasteiger partial charge in [0.05, 0.1) is 0 Å². The van der Waals surface area contributed by atoms with Crippen LogP contribution in [0.5, 0.6) is 0 Å². The first-order chi connectivity index (χ1) is 13.7. The molecular formula is C25H42N2O2. The van der Waals surface area contributed by atoms with Crippen LogP contribution in [0.3, 0.4) is 0 Å². The number of piperidine rings is 1. The first-order valence-electron chi connectivity index (χ1n) is 12.3. The molecule has 1 saturated heterocycles. The fraction of sp³-hybridized carbons (Fsp3) is 0.920. The second-order valence-corrected chi connectivity index (χ2v) is 11.5. The Morgan fingerprint density at radius 3 is 2.45 bits per heavy atom. The van der Waals surface area contributed by atoms with Crippen molar-refractivity contribution in [3.63, 3.8) is 0 Å². The van der Waals surface area contributed by atoms with Crippen LogP contribution in [-0.2, 0) is 9.59 Å². The molecule has 2 amide bonds. The summed E-state index contributed by atoms with van der Waals surface area (Å²) in [6, 6.07) is 0.920. The van der Waals surface area contributed by atoms with Crippen molar-refractivity contribution in [3.8, 4) is 0 Å². The van der Waals surface area contributed by atoms with Gasteiger partial charge in [0.15, 0.2) is 0 Å². The molecule has 0 bridgehead atoms. The lowest BCUT2D eigenvalue weighted by Crippen LogP contribution is -2.61. The molecule has 4 heteroatoms. The normalized spacial score (nSPS) is 41.6. The molecule has 4 aliphatic rings. The van der Waals surface area contributed by atoms with Gasteiger partial charge in [-0.25, -0.2) is 0 Å².